The molecule has 0 spiro atoms. The molecule has 0 aliphatic carbocycles. The third-order valence-electron chi connectivity index (χ3n) is 4.16. The lowest BCUT2D eigenvalue weighted by molar-refractivity contribution is 0.238. The fourth-order valence-electron chi connectivity index (χ4n) is 2.73. The first-order valence-electron chi connectivity index (χ1n) is 8.26. The van der Waals surface area contributed by atoms with Crippen molar-refractivity contribution in [3.63, 3.8) is 0 Å². The minimum Gasteiger partial charge on any atom is -0.382 e. The highest BCUT2D eigenvalue weighted by molar-refractivity contribution is 6.05. The van der Waals surface area contributed by atoms with Gasteiger partial charge in [-0.3, -0.25) is 0 Å². The smallest absolute Gasteiger partial charge is 0.157 e. The van der Waals surface area contributed by atoms with Gasteiger partial charge in [-0.1, -0.05) is 71.9 Å². The lowest BCUT2D eigenvalue weighted by atomic mass is 9.94. The van der Waals surface area contributed by atoms with E-state index in [9.17, 15) is 5.11 Å². The van der Waals surface area contributed by atoms with Crippen LogP contribution in [0, 0.1) is 13.8 Å². The minimum absolute atomic E-state index is 0.497. The summed E-state index contributed by atoms with van der Waals surface area (Å²) >= 11 is 0. The van der Waals surface area contributed by atoms with Gasteiger partial charge in [0, 0.05) is 5.56 Å². The Labute approximate surface area is 148 Å². The van der Waals surface area contributed by atoms with Gasteiger partial charge in [-0.15, -0.1) is 0 Å². The van der Waals surface area contributed by atoms with Crippen molar-refractivity contribution >= 4 is 5.71 Å². The Balaban J connectivity index is 2.03. The molecule has 0 fully saturated rings. The average Bonchev–Trinajstić information content (AvgIpc) is 2.64. The zero-order valence-electron chi connectivity index (χ0n) is 14.4. The summed E-state index contributed by atoms with van der Waals surface area (Å²) < 4.78 is 0. The molecule has 126 valence electrons. The van der Waals surface area contributed by atoms with Crippen LogP contribution in [0.2, 0.25) is 0 Å². The number of benzene rings is 3. The minimum atomic E-state index is -0.869. The molecule has 0 bridgehead atoms. The highest BCUT2D eigenvalue weighted by atomic mass is 16.6. The van der Waals surface area contributed by atoms with Crippen molar-refractivity contribution < 1.29 is 9.94 Å². The largest absolute Gasteiger partial charge is 0.382 e. The standard InChI is InChI=1S/C22H21NO2/c1-16-10-6-8-14-19(16)21(23-25-18-12-4-3-5-13-18)22(24)20-15-9-7-11-17(20)2/h3-15,22,24H,1-2H3. The molecule has 25 heavy (non-hydrogen) atoms. The zero-order valence-corrected chi connectivity index (χ0v) is 14.4. The molecule has 3 aromatic rings. The topological polar surface area (TPSA) is 41.8 Å². The van der Waals surface area contributed by atoms with Crippen LogP contribution in [0.5, 0.6) is 5.75 Å². The second-order valence-electron chi connectivity index (χ2n) is 5.95. The summed E-state index contributed by atoms with van der Waals surface area (Å²) in [4.78, 5) is 5.59. The number of aliphatic hydroxyl groups excluding tert-OH is 1. The van der Waals surface area contributed by atoms with Crippen LogP contribution in [0.25, 0.3) is 0 Å². The second-order valence-corrected chi connectivity index (χ2v) is 5.95. The van der Waals surface area contributed by atoms with Crippen LogP contribution in [-0.4, -0.2) is 10.8 Å². The number of aryl methyl sites for hydroxylation is 2. The van der Waals surface area contributed by atoms with Gasteiger partial charge in [0.2, 0.25) is 0 Å². The van der Waals surface area contributed by atoms with Gasteiger partial charge in [0.15, 0.2) is 5.75 Å². The SMILES string of the molecule is Cc1ccccc1C(=NOc1ccccc1)C(O)c1ccccc1C. The molecule has 3 rings (SSSR count). The summed E-state index contributed by atoms with van der Waals surface area (Å²) in [5.74, 6) is 0.630. The van der Waals surface area contributed by atoms with E-state index in [4.69, 9.17) is 4.84 Å². The van der Waals surface area contributed by atoms with Crippen molar-refractivity contribution in [3.05, 3.63) is 101 Å². The molecule has 0 heterocycles. The fourth-order valence-corrected chi connectivity index (χ4v) is 2.73. The van der Waals surface area contributed by atoms with E-state index in [1.807, 2.05) is 92.7 Å². The predicted octanol–water partition coefficient (Wildman–Crippen LogP) is 4.82. The Kier molecular flexibility index (Phi) is 5.26. The van der Waals surface area contributed by atoms with Gasteiger partial charge >= 0.3 is 0 Å². The van der Waals surface area contributed by atoms with Gasteiger partial charge in [-0.25, -0.2) is 0 Å². The van der Waals surface area contributed by atoms with E-state index in [1.165, 1.54) is 0 Å². The van der Waals surface area contributed by atoms with Crippen LogP contribution in [-0.2, 0) is 0 Å². The van der Waals surface area contributed by atoms with Crippen LogP contribution < -0.4 is 4.84 Å². The molecular weight excluding hydrogens is 310 g/mol. The molecule has 0 aromatic heterocycles. The quantitative estimate of drug-likeness (QED) is 0.538. The van der Waals surface area contributed by atoms with Gasteiger partial charge in [0.25, 0.3) is 0 Å². The summed E-state index contributed by atoms with van der Waals surface area (Å²) in [6.07, 6.45) is -0.869. The van der Waals surface area contributed by atoms with Crippen LogP contribution in [0.4, 0.5) is 0 Å². The number of hydrogen-bond acceptors (Lipinski definition) is 3. The van der Waals surface area contributed by atoms with Crippen LogP contribution in [0.1, 0.15) is 28.4 Å². The van der Waals surface area contributed by atoms with Crippen LogP contribution in [0.15, 0.2) is 84.0 Å². The maximum Gasteiger partial charge on any atom is 0.157 e. The Morgan fingerprint density at radius 1 is 0.800 bits per heavy atom. The van der Waals surface area contributed by atoms with Crippen molar-refractivity contribution in [2.75, 3.05) is 0 Å². The first-order chi connectivity index (χ1) is 12.2. The molecule has 1 unspecified atom stereocenters. The summed E-state index contributed by atoms with van der Waals surface area (Å²) in [5.41, 5.74) is 4.23. The van der Waals surface area contributed by atoms with Crippen molar-refractivity contribution in [1.29, 1.82) is 0 Å². The number of aliphatic hydroxyl groups is 1. The first kappa shape index (κ1) is 16.9. The monoisotopic (exact) mass is 331 g/mol. The normalized spacial score (nSPS) is 12.7. The maximum absolute atomic E-state index is 11.0. The van der Waals surface area contributed by atoms with Crippen molar-refractivity contribution in [3.8, 4) is 5.75 Å². The van der Waals surface area contributed by atoms with Gasteiger partial charge in [0.05, 0.1) is 0 Å². The van der Waals surface area contributed by atoms with E-state index >= 15 is 0 Å². The molecule has 0 aliphatic heterocycles. The van der Waals surface area contributed by atoms with Crippen LogP contribution in [0.3, 0.4) is 0 Å². The van der Waals surface area contributed by atoms with E-state index in [0.29, 0.717) is 11.5 Å². The van der Waals surface area contributed by atoms with Crippen molar-refractivity contribution in [1.82, 2.24) is 0 Å². The van der Waals surface area contributed by atoms with Gasteiger partial charge in [-0.2, -0.15) is 0 Å². The van der Waals surface area contributed by atoms with Crippen molar-refractivity contribution in [2.24, 2.45) is 5.16 Å². The summed E-state index contributed by atoms with van der Waals surface area (Å²) in [7, 11) is 0. The van der Waals surface area contributed by atoms with Crippen molar-refractivity contribution in [2.45, 2.75) is 20.0 Å². The van der Waals surface area contributed by atoms with Crippen LogP contribution >= 0.6 is 0 Å². The number of oxime groups is 1. The molecule has 1 N–H and O–H groups in total. The molecule has 0 saturated heterocycles. The van der Waals surface area contributed by atoms with E-state index < -0.39 is 6.10 Å². The molecule has 0 amide bonds. The molecule has 1 atom stereocenters. The third-order valence-corrected chi connectivity index (χ3v) is 4.16. The Hall–Kier alpha value is -2.91. The van der Waals surface area contributed by atoms with E-state index in [2.05, 4.69) is 5.16 Å². The average molecular weight is 331 g/mol. The molecular formula is C22H21NO2. The number of rotatable bonds is 5. The van der Waals surface area contributed by atoms with E-state index in [-0.39, 0.29) is 0 Å². The number of nitrogens with zero attached hydrogens (tertiary/aromatic N) is 1. The molecule has 0 radical (unpaired) electrons. The predicted molar refractivity (Wildman–Crippen MR) is 101 cm³/mol. The molecule has 0 aliphatic rings. The molecule has 3 nitrogen and oxygen atoms in total. The van der Waals surface area contributed by atoms with E-state index in [0.717, 1.165) is 22.3 Å². The fraction of sp³-hybridized carbons (Fsp3) is 0.136. The molecule has 3 heteroatoms. The Morgan fingerprint density at radius 2 is 1.40 bits per heavy atom. The Bertz CT molecular complexity index is 872. The number of hydrogen-bond donors (Lipinski definition) is 1. The lowest BCUT2D eigenvalue weighted by Gasteiger charge is -2.17. The zero-order chi connectivity index (χ0) is 17.6. The van der Waals surface area contributed by atoms with Gasteiger partial charge in [-0.05, 0) is 42.7 Å². The second kappa shape index (κ2) is 7.77. The molecule has 0 saturated carbocycles. The maximum atomic E-state index is 11.0. The molecule has 3 aromatic carbocycles. The van der Waals surface area contributed by atoms with Gasteiger partial charge in [0.1, 0.15) is 11.8 Å². The first-order valence-corrected chi connectivity index (χ1v) is 8.26. The summed E-state index contributed by atoms with van der Waals surface area (Å²) in [6.45, 7) is 3.98. The highest BCUT2D eigenvalue weighted by Gasteiger charge is 2.21. The van der Waals surface area contributed by atoms with Gasteiger partial charge < -0.3 is 9.94 Å². The summed E-state index contributed by atoms with van der Waals surface area (Å²) in [5, 5.41) is 15.3. The highest BCUT2D eigenvalue weighted by Crippen LogP contribution is 2.24. The Morgan fingerprint density at radius 3 is 2.08 bits per heavy atom. The summed E-state index contributed by atoms with van der Waals surface area (Å²) in [6, 6.07) is 25.0. The lowest BCUT2D eigenvalue weighted by Crippen LogP contribution is -2.17. The number of para-hydroxylation sites is 1. The third kappa shape index (κ3) is 3.95. The van der Waals surface area contributed by atoms with E-state index in [1.54, 1.807) is 0 Å².